The highest BCUT2D eigenvalue weighted by molar-refractivity contribution is 7.92. The lowest BCUT2D eigenvalue weighted by atomic mass is 9.98. The number of hydrogen-bond acceptors (Lipinski definition) is 7. The largest absolute Gasteiger partial charge is 0.353 e. The van der Waals surface area contributed by atoms with Gasteiger partial charge in [-0.1, -0.05) is 11.6 Å². The molecule has 2 aromatic heterocycles. The second kappa shape index (κ2) is 8.96. The number of amides is 1. The van der Waals surface area contributed by atoms with Crippen LogP contribution in [0.3, 0.4) is 0 Å². The molecule has 3 aromatic rings. The summed E-state index contributed by atoms with van der Waals surface area (Å²) in [6, 6.07) is 8.40. The Bertz CT molecular complexity index is 1400. The van der Waals surface area contributed by atoms with Gasteiger partial charge in [-0.25, -0.2) is 17.9 Å². The number of rotatable bonds is 5. The number of fused-ring (bicyclic) bond motifs is 1. The number of sulfonamides is 1. The molecule has 3 N–H and O–H groups in total. The summed E-state index contributed by atoms with van der Waals surface area (Å²) in [7, 11) is -3.58. The first-order chi connectivity index (χ1) is 16.6. The lowest BCUT2D eigenvalue weighted by molar-refractivity contribution is 0.0607. The van der Waals surface area contributed by atoms with E-state index in [1.54, 1.807) is 15.5 Å². The van der Waals surface area contributed by atoms with Gasteiger partial charge >= 0.3 is 0 Å². The van der Waals surface area contributed by atoms with Gasteiger partial charge in [-0.15, -0.1) is 0 Å². The van der Waals surface area contributed by atoms with E-state index >= 15 is 0 Å². The van der Waals surface area contributed by atoms with Gasteiger partial charge < -0.3 is 15.5 Å². The van der Waals surface area contributed by atoms with Crippen molar-refractivity contribution in [2.75, 3.05) is 35.5 Å². The number of aryl methyl sites for hydroxylation is 1. The van der Waals surface area contributed by atoms with Crippen molar-refractivity contribution in [1.82, 2.24) is 19.5 Å². The summed E-state index contributed by atoms with van der Waals surface area (Å²) < 4.78 is 28.0. The van der Waals surface area contributed by atoms with Crippen LogP contribution in [0.4, 0.5) is 11.5 Å². The number of likely N-dealkylation sites (tertiary alicyclic amines) is 1. The molecule has 10 nitrogen and oxygen atoms in total. The Balaban J connectivity index is 1.49. The molecule has 0 spiro atoms. The van der Waals surface area contributed by atoms with Crippen LogP contribution in [0.1, 0.15) is 47.1 Å². The van der Waals surface area contributed by atoms with E-state index in [0.29, 0.717) is 11.6 Å². The molecule has 1 atom stereocenters. The molecule has 35 heavy (non-hydrogen) atoms. The standard InChI is InChI=1S/C23H28ClN7O3S/c1-14-9-21(29-12-16(25)13-29)26-22-11-19(27-31(14)22)20-5-3-4-8-30(20)23(32)17-10-15(24)6-7-18(17)28-35(2,33)34/h6-7,9-11,16,20,28H,3-5,8,12-13,25H2,1-2H3/t20-/m0/s1. The second-order valence-electron chi connectivity index (χ2n) is 9.33. The van der Waals surface area contributed by atoms with Crippen LogP contribution in [0.25, 0.3) is 5.65 Å². The maximum atomic E-state index is 13.7. The predicted octanol–water partition coefficient (Wildman–Crippen LogP) is 2.58. The highest BCUT2D eigenvalue weighted by Crippen LogP contribution is 2.34. The van der Waals surface area contributed by atoms with Crippen LogP contribution in [0.2, 0.25) is 5.02 Å². The molecular weight excluding hydrogens is 490 g/mol. The summed E-state index contributed by atoms with van der Waals surface area (Å²) in [6.45, 7) is 4.06. The number of hydrogen-bond donors (Lipinski definition) is 2. The van der Waals surface area contributed by atoms with Crippen molar-refractivity contribution < 1.29 is 13.2 Å². The lowest BCUT2D eigenvalue weighted by Gasteiger charge is -2.37. The minimum atomic E-state index is -3.58. The monoisotopic (exact) mass is 517 g/mol. The number of nitrogens with two attached hydrogens (primary N) is 1. The second-order valence-corrected chi connectivity index (χ2v) is 11.5. The van der Waals surface area contributed by atoms with Crippen molar-refractivity contribution in [2.45, 2.75) is 38.3 Å². The number of nitrogens with zero attached hydrogens (tertiary/aromatic N) is 5. The highest BCUT2D eigenvalue weighted by atomic mass is 35.5. The highest BCUT2D eigenvalue weighted by Gasteiger charge is 2.33. The van der Waals surface area contributed by atoms with Gasteiger partial charge in [0.15, 0.2) is 5.65 Å². The van der Waals surface area contributed by atoms with E-state index in [0.717, 1.165) is 61.5 Å². The Hall–Kier alpha value is -2.89. The first-order valence-corrected chi connectivity index (χ1v) is 13.8. The van der Waals surface area contributed by atoms with Gasteiger partial charge in [0, 0.05) is 48.5 Å². The number of piperidine rings is 1. The van der Waals surface area contributed by atoms with Crippen molar-refractivity contribution in [3.63, 3.8) is 0 Å². The van der Waals surface area contributed by atoms with Crippen molar-refractivity contribution in [3.8, 4) is 0 Å². The van der Waals surface area contributed by atoms with Crippen molar-refractivity contribution in [1.29, 1.82) is 0 Å². The molecule has 4 heterocycles. The molecule has 2 aliphatic heterocycles. The van der Waals surface area contributed by atoms with E-state index in [-0.39, 0.29) is 29.2 Å². The number of nitrogens with one attached hydrogen (secondary N) is 1. The molecule has 2 fully saturated rings. The molecule has 1 amide bonds. The van der Waals surface area contributed by atoms with Gasteiger partial charge in [0.25, 0.3) is 5.91 Å². The van der Waals surface area contributed by atoms with E-state index in [4.69, 9.17) is 27.4 Å². The number of benzene rings is 1. The SMILES string of the molecule is Cc1cc(N2CC(N)C2)nc2cc([C@@H]3CCCCN3C(=O)c3cc(Cl)ccc3NS(C)(=O)=O)nn12. The molecule has 2 aliphatic rings. The smallest absolute Gasteiger partial charge is 0.256 e. The van der Waals surface area contributed by atoms with Gasteiger partial charge in [0.2, 0.25) is 10.0 Å². The van der Waals surface area contributed by atoms with Gasteiger partial charge in [-0.05, 0) is 44.4 Å². The fourth-order valence-electron chi connectivity index (χ4n) is 4.77. The van der Waals surface area contributed by atoms with E-state index in [9.17, 15) is 13.2 Å². The summed E-state index contributed by atoms with van der Waals surface area (Å²) in [4.78, 5) is 22.4. The summed E-state index contributed by atoms with van der Waals surface area (Å²) in [6.07, 6.45) is 3.60. The zero-order valence-electron chi connectivity index (χ0n) is 19.6. The zero-order valence-corrected chi connectivity index (χ0v) is 21.2. The van der Waals surface area contributed by atoms with Gasteiger partial charge in [0.1, 0.15) is 5.82 Å². The van der Waals surface area contributed by atoms with Crippen LogP contribution in [0.15, 0.2) is 30.3 Å². The van der Waals surface area contributed by atoms with E-state index < -0.39 is 10.0 Å². The Labute approximate surface area is 209 Å². The quantitative estimate of drug-likeness (QED) is 0.532. The van der Waals surface area contributed by atoms with Crippen molar-refractivity contribution >= 4 is 44.7 Å². The Morgan fingerprint density at radius 2 is 1.97 bits per heavy atom. The molecule has 0 unspecified atom stereocenters. The third-order valence-electron chi connectivity index (χ3n) is 6.46. The number of halogens is 1. The molecule has 0 saturated carbocycles. The molecule has 5 rings (SSSR count). The minimum Gasteiger partial charge on any atom is -0.353 e. The Kier molecular flexibility index (Phi) is 6.10. The van der Waals surface area contributed by atoms with Crippen LogP contribution in [-0.2, 0) is 10.0 Å². The van der Waals surface area contributed by atoms with E-state index in [1.807, 2.05) is 19.1 Å². The fraction of sp³-hybridized carbons (Fsp3) is 0.435. The Morgan fingerprint density at radius 3 is 2.69 bits per heavy atom. The third kappa shape index (κ3) is 4.80. The van der Waals surface area contributed by atoms with Crippen LogP contribution < -0.4 is 15.4 Å². The molecule has 2 saturated heterocycles. The summed E-state index contributed by atoms with van der Waals surface area (Å²) >= 11 is 6.18. The zero-order chi connectivity index (χ0) is 24.9. The number of carbonyl (C=O) groups excluding carboxylic acids is 1. The minimum absolute atomic E-state index is 0.171. The average Bonchev–Trinajstić information content (AvgIpc) is 3.21. The van der Waals surface area contributed by atoms with Crippen LogP contribution in [0, 0.1) is 6.92 Å². The molecule has 0 radical (unpaired) electrons. The Morgan fingerprint density at radius 1 is 1.20 bits per heavy atom. The van der Waals surface area contributed by atoms with Crippen LogP contribution in [-0.4, -0.2) is 65.8 Å². The van der Waals surface area contributed by atoms with Gasteiger partial charge in [-0.2, -0.15) is 5.10 Å². The van der Waals surface area contributed by atoms with Crippen molar-refractivity contribution in [3.05, 3.63) is 52.3 Å². The topological polar surface area (TPSA) is 126 Å². The maximum Gasteiger partial charge on any atom is 0.256 e. The molecular formula is C23H28ClN7O3S. The normalized spacial score (nSPS) is 19.1. The predicted molar refractivity (Wildman–Crippen MR) is 135 cm³/mol. The van der Waals surface area contributed by atoms with E-state index in [1.165, 1.54) is 12.1 Å². The fourth-order valence-corrected chi connectivity index (χ4v) is 5.52. The molecule has 1 aromatic carbocycles. The van der Waals surface area contributed by atoms with Crippen LogP contribution >= 0.6 is 11.6 Å². The van der Waals surface area contributed by atoms with Gasteiger partial charge in [-0.3, -0.25) is 9.52 Å². The molecule has 0 aliphatic carbocycles. The summed E-state index contributed by atoms with van der Waals surface area (Å²) in [5.74, 6) is 0.579. The van der Waals surface area contributed by atoms with Gasteiger partial charge in [0.05, 0.1) is 29.2 Å². The first-order valence-electron chi connectivity index (χ1n) is 11.6. The van der Waals surface area contributed by atoms with Crippen LogP contribution in [0.5, 0.6) is 0 Å². The number of aromatic nitrogens is 3. The molecule has 186 valence electrons. The maximum absolute atomic E-state index is 13.7. The van der Waals surface area contributed by atoms with E-state index in [2.05, 4.69) is 9.62 Å². The summed E-state index contributed by atoms with van der Waals surface area (Å²) in [5.41, 5.74) is 8.77. The lowest BCUT2D eigenvalue weighted by Crippen LogP contribution is -2.56. The number of carbonyl (C=O) groups is 1. The average molecular weight is 518 g/mol. The first kappa shape index (κ1) is 23.8. The third-order valence-corrected chi connectivity index (χ3v) is 7.28. The molecule has 12 heteroatoms. The summed E-state index contributed by atoms with van der Waals surface area (Å²) in [5, 5.41) is 5.15. The van der Waals surface area contributed by atoms with Crippen molar-refractivity contribution in [2.24, 2.45) is 5.73 Å². The number of anilines is 2. The molecule has 0 bridgehead atoms.